The molecule has 3 fully saturated rings. The molecule has 4 N–H and O–H groups in total. The third-order valence-corrected chi connectivity index (χ3v) is 9.13. The van der Waals surface area contributed by atoms with Crippen molar-refractivity contribution in [2.45, 2.75) is 57.7 Å². The SMILES string of the molecule is CC(C)(Oc1cccc(N2CCC[C@@H](C(=O)N(Cc3ccc(-c4cn[nH]c4)cc3OCCN)C3CC3)C2)c1)C(=O)N1CCNCC1.Cl. The molecule has 2 amide bonds. The lowest BCUT2D eigenvalue weighted by Gasteiger charge is -2.37. The maximum absolute atomic E-state index is 14.2. The smallest absolute Gasteiger partial charge is 0.266 e. The molecule has 6 rings (SSSR count). The van der Waals surface area contributed by atoms with Crippen LogP contribution in [0, 0.1) is 5.92 Å². The van der Waals surface area contributed by atoms with Crippen LogP contribution in [0.5, 0.6) is 11.5 Å². The molecule has 3 aromatic rings. The van der Waals surface area contributed by atoms with Crippen molar-refractivity contribution in [2.75, 3.05) is 57.3 Å². The van der Waals surface area contributed by atoms with Crippen LogP contribution in [0.25, 0.3) is 11.1 Å². The van der Waals surface area contributed by atoms with Crippen molar-refractivity contribution in [1.29, 1.82) is 0 Å². The standard InChI is InChI=1S/C35H47N7O4.ClH/c1-35(2,34(44)40-16-13-37-14-17-40)46-31-7-3-6-30(20-31)41-15-4-5-27(23-41)33(43)42(29-10-11-29)24-26-9-8-25(28-21-38-39-22-28)19-32(26)45-18-12-36;/h3,6-9,19-22,27,29,37H,4-5,10-18,23-24,36H2,1-2H3,(H,38,39);1H/t27-;/m1./s1. The number of H-pyrrole nitrogens is 1. The number of carbonyl (C=O) groups excluding carboxylic acids is 2. The molecule has 47 heavy (non-hydrogen) atoms. The van der Waals surface area contributed by atoms with Crippen molar-refractivity contribution in [1.82, 2.24) is 25.3 Å². The highest BCUT2D eigenvalue weighted by Gasteiger charge is 2.38. The largest absolute Gasteiger partial charge is 0.492 e. The summed E-state index contributed by atoms with van der Waals surface area (Å²) in [5.74, 6) is 1.50. The number of hydrogen-bond donors (Lipinski definition) is 3. The third kappa shape index (κ3) is 8.38. The Bertz CT molecular complexity index is 1490. The van der Waals surface area contributed by atoms with Crippen LogP contribution in [0.1, 0.15) is 45.1 Å². The fourth-order valence-corrected chi connectivity index (χ4v) is 6.51. The van der Waals surface area contributed by atoms with Crippen LogP contribution in [0.3, 0.4) is 0 Å². The predicted octanol–water partition coefficient (Wildman–Crippen LogP) is 3.83. The van der Waals surface area contributed by atoms with Crippen LogP contribution >= 0.6 is 12.4 Å². The molecule has 2 aliphatic heterocycles. The van der Waals surface area contributed by atoms with Gasteiger partial charge in [-0.2, -0.15) is 5.10 Å². The number of anilines is 1. The Morgan fingerprint density at radius 3 is 2.60 bits per heavy atom. The van der Waals surface area contributed by atoms with Gasteiger partial charge in [0.05, 0.1) is 12.1 Å². The molecule has 3 aliphatic rings. The van der Waals surface area contributed by atoms with E-state index in [2.05, 4.69) is 43.5 Å². The number of benzene rings is 2. The minimum atomic E-state index is -0.982. The van der Waals surface area contributed by atoms with Crippen LogP contribution in [0.15, 0.2) is 54.9 Å². The van der Waals surface area contributed by atoms with Crippen LogP contribution in [-0.2, 0) is 16.1 Å². The normalized spacial score (nSPS) is 18.3. The molecule has 1 aliphatic carbocycles. The number of amides is 2. The molecule has 1 saturated carbocycles. The van der Waals surface area contributed by atoms with E-state index in [0.29, 0.717) is 45.1 Å². The van der Waals surface area contributed by atoms with Gasteiger partial charge >= 0.3 is 0 Å². The molecule has 0 bridgehead atoms. The van der Waals surface area contributed by atoms with E-state index in [4.69, 9.17) is 15.2 Å². The number of halogens is 1. The monoisotopic (exact) mass is 665 g/mol. The van der Waals surface area contributed by atoms with E-state index >= 15 is 0 Å². The van der Waals surface area contributed by atoms with E-state index in [0.717, 1.165) is 73.4 Å². The summed E-state index contributed by atoms with van der Waals surface area (Å²) < 4.78 is 12.4. The summed E-state index contributed by atoms with van der Waals surface area (Å²) in [4.78, 5) is 33.6. The molecular formula is C35H48ClN7O4. The number of piperazine rings is 1. The molecule has 12 heteroatoms. The molecule has 0 unspecified atom stereocenters. The van der Waals surface area contributed by atoms with Gasteiger partial charge in [0, 0.05) is 87.5 Å². The average molecular weight is 666 g/mol. The number of aromatic nitrogens is 2. The van der Waals surface area contributed by atoms with Gasteiger partial charge in [-0.3, -0.25) is 14.7 Å². The van der Waals surface area contributed by atoms with Crippen molar-refractivity contribution in [3.63, 3.8) is 0 Å². The number of nitrogens with one attached hydrogen (secondary N) is 2. The van der Waals surface area contributed by atoms with Crippen LogP contribution < -0.4 is 25.4 Å². The van der Waals surface area contributed by atoms with E-state index in [1.165, 1.54) is 0 Å². The van der Waals surface area contributed by atoms with Crippen LogP contribution in [-0.4, -0.2) is 95.9 Å². The Balaban J connectivity index is 0.00000433. The molecule has 2 saturated heterocycles. The van der Waals surface area contributed by atoms with Gasteiger partial charge in [-0.05, 0) is 63.3 Å². The van der Waals surface area contributed by atoms with Gasteiger partial charge in [0.1, 0.15) is 18.1 Å². The zero-order chi connectivity index (χ0) is 32.1. The first kappa shape index (κ1) is 34.5. The summed E-state index contributed by atoms with van der Waals surface area (Å²) in [6, 6.07) is 14.3. The highest BCUT2D eigenvalue weighted by molar-refractivity contribution is 5.85. The lowest BCUT2D eigenvalue weighted by atomic mass is 9.95. The first-order valence-corrected chi connectivity index (χ1v) is 16.6. The lowest BCUT2D eigenvalue weighted by Crippen LogP contribution is -2.54. The summed E-state index contributed by atoms with van der Waals surface area (Å²) in [6.07, 6.45) is 7.47. The topological polar surface area (TPSA) is 129 Å². The van der Waals surface area contributed by atoms with Gasteiger partial charge in [-0.25, -0.2) is 0 Å². The number of nitrogens with zero attached hydrogens (tertiary/aromatic N) is 4. The molecule has 3 heterocycles. The van der Waals surface area contributed by atoms with E-state index < -0.39 is 5.60 Å². The predicted molar refractivity (Wildman–Crippen MR) is 185 cm³/mol. The minimum Gasteiger partial charge on any atom is -0.492 e. The van der Waals surface area contributed by atoms with Crippen molar-refractivity contribution in [3.8, 4) is 22.6 Å². The van der Waals surface area contributed by atoms with Gasteiger partial charge < -0.3 is 35.2 Å². The highest BCUT2D eigenvalue weighted by Crippen LogP contribution is 2.36. The first-order valence-electron chi connectivity index (χ1n) is 16.6. The lowest BCUT2D eigenvalue weighted by molar-refractivity contribution is -0.146. The number of carbonyl (C=O) groups is 2. The van der Waals surface area contributed by atoms with Crippen molar-refractivity contribution in [2.24, 2.45) is 11.7 Å². The number of hydrogen-bond acceptors (Lipinski definition) is 8. The van der Waals surface area contributed by atoms with Gasteiger partial charge in [0.15, 0.2) is 5.60 Å². The van der Waals surface area contributed by atoms with Crippen molar-refractivity contribution >= 4 is 29.9 Å². The zero-order valence-corrected chi connectivity index (χ0v) is 28.3. The molecule has 11 nitrogen and oxygen atoms in total. The fraction of sp³-hybridized carbons (Fsp3) is 0.514. The van der Waals surface area contributed by atoms with Crippen LogP contribution in [0.4, 0.5) is 5.69 Å². The summed E-state index contributed by atoms with van der Waals surface area (Å²) in [6.45, 7) is 9.47. The molecule has 2 aromatic carbocycles. The van der Waals surface area contributed by atoms with Gasteiger partial charge in [0.2, 0.25) is 5.91 Å². The van der Waals surface area contributed by atoms with E-state index in [-0.39, 0.29) is 36.2 Å². The van der Waals surface area contributed by atoms with E-state index in [1.54, 1.807) is 6.20 Å². The van der Waals surface area contributed by atoms with E-state index in [9.17, 15) is 9.59 Å². The van der Waals surface area contributed by atoms with Crippen molar-refractivity contribution < 1.29 is 19.1 Å². The first-order chi connectivity index (χ1) is 22.3. The Labute approximate surface area is 283 Å². The van der Waals surface area contributed by atoms with Gasteiger partial charge in [-0.15, -0.1) is 12.4 Å². The Morgan fingerprint density at radius 2 is 1.87 bits per heavy atom. The molecule has 1 atom stereocenters. The van der Waals surface area contributed by atoms with Gasteiger partial charge in [0.25, 0.3) is 5.91 Å². The summed E-state index contributed by atoms with van der Waals surface area (Å²) in [7, 11) is 0. The Hall–Kier alpha value is -3.80. The second kappa shape index (κ2) is 15.4. The molecule has 254 valence electrons. The number of piperidine rings is 1. The number of nitrogens with two attached hydrogens (primary N) is 1. The van der Waals surface area contributed by atoms with Crippen molar-refractivity contribution in [3.05, 3.63) is 60.4 Å². The maximum Gasteiger partial charge on any atom is 0.266 e. The molecule has 0 spiro atoms. The quantitative estimate of drug-likeness (QED) is 0.266. The third-order valence-electron chi connectivity index (χ3n) is 9.13. The zero-order valence-electron chi connectivity index (χ0n) is 27.5. The molecular weight excluding hydrogens is 618 g/mol. The number of ether oxygens (including phenoxy) is 2. The highest BCUT2D eigenvalue weighted by atomic mass is 35.5. The number of rotatable bonds is 12. The summed E-state index contributed by atoms with van der Waals surface area (Å²) in [5, 5.41) is 10.2. The minimum absolute atomic E-state index is 0. The second-order valence-corrected chi connectivity index (χ2v) is 13.1. The molecule has 1 aromatic heterocycles. The fourth-order valence-electron chi connectivity index (χ4n) is 6.51. The summed E-state index contributed by atoms with van der Waals surface area (Å²) >= 11 is 0. The summed E-state index contributed by atoms with van der Waals surface area (Å²) in [5.41, 5.74) is 8.76. The average Bonchev–Trinajstić information content (AvgIpc) is 3.78. The number of aromatic amines is 1. The van der Waals surface area contributed by atoms with Gasteiger partial charge in [-0.1, -0.05) is 18.2 Å². The Morgan fingerprint density at radius 1 is 1.06 bits per heavy atom. The second-order valence-electron chi connectivity index (χ2n) is 13.1. The van der Waals surface area contributed by atoms with E-state index in [1.807, 2.05) is 49.2 Å². The Kier molecular flexibility index (Phi) is 11.3. The van der Waals surface area contributed by atoms with Crippen LogP contribution in [0.2, 0.25) is 0 Å². The molecule has 0 radical (unpaired) electrons. The maximum atomic E-state index is 14.2.